The smallest absolute Gasteiger partial charge is 0.325 e. The molecule has 0 aliphatic heterocycles. The highest BCUT2D eigenvalue weighted by molar-refractivity contribution is 6.35. The number of hydrogen-bond donors (Lipinski definition) is 1. The lowest BCUT2D eigenvalue weighted by molar-refractivity contribution is -0.145. The van der Waals surface area contributed by atoms with Crippen molar-refractivity contribution in [2.24, 2.45) is 0 Å². The molecule has 88 valence electrons. The van der Waals surface area contributed by atoms with Gasteiger partial charge in [0.2, 0.25) is 0 Å². The molecule has 0 spiro atoms. The standard InChI is InChI=1S/C11H13Cl2NO2/c1-7(2)16-11(15)6-14-10-5-8(12)3-4-9(10)13/h3-5,7,14H,6H2,1-2H3. The van der Waals surface area contributed by atoms with Gasteiger partial charge in [-0.2, -0.15) is 0 Å². The van der Waals surface area contributed by atoms with Gasteiger partial charge in [-0.1, -0.05) is 23.2 Å². The fraction of sp³-hybridized carbons (Fsp3) is 0.364. The molecule has 1 N–H and O–H groups in total. The summed E-state index contributed by atoms with van der Waals surface area (Å²) < 4.78 is 4.96. The van der Waals surface area contributed by atoms with Gasteiger partial charge in [0.1, 0.15) is 6.54 Å². The fourth-order valence-corrected chi connectivity index (χ4v) is 1.46. The highest BCUT2D eigenvalue weighted by atomic mass is 35.5. The maximum Gasteiger partial charge on any atom is 0.325 e. The molecule has 0 aliphatic carbocycles. The third kappa shape index (κ3) is 4.29. The van der Waals surface area contributed by atoms with Crippen LogP contribution < -0.4 is 5.32 Å². The van der Waals surface area contributed by atoms with Gasteiger partial charge in [-0.15, -0.1) is 0 Å². The first-order chi connectivity index (χ1) is 7.49. The Morgan fingerprint density at radius 1 is 1.44 bits per heavy atom. The molecule has 0 aromatic heterocycles. The average molecular weight is 262 g/mol. The Balaban J connectivity index is 2.54. The molecule has 5 heteroatoms. The minimum atomic E-state index is -0.328. The summed E-state index contributed by atoms with van der Waals surface area (Å²) in [4.78, 5) is 11.3. The molecular weight excluding hydrogens is 249 g/mol. The van der Waals surface area contributed by atoms with E-state index in [2.05, 4.69) is 5.32 Å². The maximum atomic E-state index is 11.3. The van der Waals surface area contributed by atoms with Crippen LogP contribution in [0.1, 0.15) is 13.8 Å². The van der Waals surface area contributed by atoms with Gasteiger partial charge >= 0.3 is 5.97 Å². The number of carbonyl (C=O) groups excluding carboxylic acids is 1. The van der Waals surface area contributed by atoms with E-state index in [0.717, 1.165) is 0 Å². The van der Waals surface area contributed by atoms with Crippen molar-refractivity contribution in [2.45, 2.75) is 20.0 Å². The summed E-state index contributed by atoms with van der Waals surface area (Å²) in [6.07, 6.45) is -0.121. The van der Waals surface area contributed by atoms with Crippen molar-refractivity contribution >= 4 is 34.9 Å². The number of halogens is 2. The molecule has 1 aromatic rings. The first-order valence-electron chi connectivity index (χ1n) is 4.87. The molecule has 0 aliphatic rings. The van der Waals surface area contributed by atoms with E-state index in [4.69, 9.17) is 27.9 Å². The molecule has 0 unspecified atom stereocenters. The zero-order chi connectivity index (χ0) is 12.1. The summed E-state index contributed by atoms with van der Waals surface area (Å²) in [6.45, 7) is 3.66. The lowest BCUT2D eigenvalue weighted by atomic mass is 10.3. The topological polar surface area (TPSA) is 38.3 Å². The number of carbonyl (C=O) groups is 1. The Morgan fingerprint density at radius 3 is 2.75 bits per heavy atom. The first-order valence-corrected chi connectivity index (χ1v) is 5.63. The fourth-order valence-electron chi connectivity index (χ4n) is 1.10. The molecule has 16 heavy (non-hydrogen) atoms. The van der Waals surface area contributed by atoms with Gasteiger partial charge in [-0.05, 0) is 32.0 Å². The van der Waals surface area contributed by atoms with E-state index in [1.54, 1.807) is 32.0 Å². The Hall–Kier alpha value is -0.930. The quantitative estimate of drug-likeness (QED) is 0.845. The number of ether oxygens (including phenoxy) is 1. The summed E-state index contributed by atoms with van der Waals surface area (Å²) in [7, 11) is 0. The van der Waals surface area contributed by atoms with Crippen LogP contribution in [0.15, 0.2) is 18.2 Å². The minimum Gasteiger partial charge on any atom is -0.462 e. The van der Waals surface area contributed by atoms with Crippen molar-refractivity contribution < 1.29 is 9.53 Å². The Labute approximate surface area is 105 Å². The summed E-state index contributed by atoms with van der Waals surface area (Å²) >= 11 is 11.7. The lowest BCUT2D eigenvalue weighted by Crippen LogP contribution is -2.20. The lowest BCUT2D eigenvalue weighted by Gasteiger charge is -2.10. The number of nitrogens with one attached hydrogen (secondary N) is 1. The van der Waals surface area contributed by atoms with Crippen molar-refractivity contribution in [3.05, 3.63) is 28.2 Å². The molecule has 0 saturated heterocycles. The number of esters is 1. The largest absolute Gasteiger partial charge is 0.462 e. The molecule has 1 rings (SSSR count). The number of hydrogen-bond acceptors (Lipinski definition) is 3. The van der Waals surface area contributed by atoms with Crippen LogP contribution >= 0.6 is 23.2 Å². The van der Waals surface area contributed by atoms with Gasteiger partial charge in [0.15, 0.2) is 0 Å². The van der Waals surface area contributed by atoms with Crippen molar-refractivity contribution in [3.8, 4) is 0 Å². The van der Waals surface area contributed by atoms with Crippen LogP contribution in [0.2, 0.25) is 10.0 Å². The Morgan fingerprint density at radius 2 is 2.12 bits per heavy atom. The van der Waals surface area contributed by atoms with E-state index < -0.39 is 0 Å². The van der Waals surface area contributed by atoms with Crippen LogP contribution in [0, 0.1) is 0 Å². The number of rotatable bonds is 4. The zero-order valence-electron chi connectivity index (χ0n) is 9.09. The minimum absolute atomic E-state index is 0.0677. The monoisotopic (exact) mass is 261 g/mol. The van der Waals surface area contributed by atoms with E-state index in [0.29, 0.717) is 15.7 Å². The molecule has 0 atom stereocenters. The predicted molar refractivity (Wildman–Crippen MR) is 66.2 cm³/mol. The van der Waals surface area contributed by atoms with Gasteiger partial charge < -0.3 is 10.1 Å². The highest BCUT2D eigenvalue weighted by Crippen LogP contribution is 2.25. The predicted octanol–water partition coefficient (Wildman–Crippen LogP) is 3.36. The summed E-state index contributed by atoms with van der Waals surface area (Å²) in [6, 6.07) is 5.01. The summed E-state index contributed by atoms with van der Waals surface area (Å²) in [5.74, 6) is -0.328. The molecule has 0 saturated carbocycles. The third-order valence-corrected chi connectivity index (χ3v) is 2.28. The second kappa shape index (κ2) is 5.97. The highest BCUT2D eigenvalue weighted by Gasteiger charge is 2.07. The summed E-state index contributed by atoms with van der Waals surface area (Å²) in [5.41, 5.74) is 0.620. The Bertz CT molecular complexity index is 380. The van der Waals surface area contributed by atoms with Crippen LogP contribution in [-0.4, -0.2) is 18.6 Å². The molecule has 0 heterocycles. The van der Waals surface area contributed by atoms with Crippen LogP contribution in [0.5, 0.6) is 0 Å². The van der Waals surface area contributed by atoms with Crippen molar-refractivity contribution in [1.82, 2.24) is 0 Å². The van der Waals surface area contributed by atoms with E-state index in [1.807, 2.05) is 0 Å². The van der Waals surface area contributed by atoms with Gasteiger partial charge in [0.25, 0.3) is 0 Å². The van der Waals surface area contributed by atoms with E-state index in [9.17, 15) is 4.79 Å². The molecule has 0 fully saturated rings. The van der Waals surface area contributed by atoms with Crippen LogP contribution in [-0.2, 0) is 9.53 Å². The normalized spacial score (nSPS) is 10.3. The molecule has 0 radical (unpaired) electrons. The van der Waals surface area contributed by atoms with Crippen LogP contribution in [0.4, 0.5) is 5.69 Å². The number of benzene rings is 1. The van der Waals surface area contributed by atoms with E-state index in [1.165, 1.54) is 0 Å². The van der Waals surface area contributed by atoms with Gasteiger partial charge in [-0.25, -0.2) is 0 Å². The molecule has 0 bridgehead atoms. The first kappa shape index (κ1) is 13.1. The second-order valence-electron chi connectivity index (χ2n) is 3.52. The third-order valence-electron chi connectivity index (χ3n) is 1.72. The molecule has 0 amide bonds. The van der Waals surface area contributed by atoms with E-state index >= 15 is 0 Å². The molecular formula is C11H13Cl2NO2. The molecule has 3 nitrogen and oxygen atoms in total. The van der Waals surface area contributed by atoms with Crippen molar-refractivity contribution in [1.29, 1.82) is 0 Å². The Kier molecular flexibility index (Phi) is 4.90. The van der Waals surface area contributed by atoms with E-state index in [-0.39, 0.29) is 18.6 Å². The van der Waals surface area contributed by atoms with Gasteiger partial charge in [0.05, 0.1) is 16.8 Å². The van der Waals surface area contributed by atoms with Crippen LogP contribution in [0.3, 0.4) is 0 Å². The van der Waals surface area contributed by atoms with Crippen molar-refractivity contribution in [2.75, 3.05) is 11.9 Å². The van der Waals surface area contributed by atoms with Crippen molar-refractivity contribution in [3.63, 3.8) is 0 Å². The SMILES string of the molecule is CC(C)OC(=O)CNc1cc(Cl)ccc1Cl. The zero-order valence-corrected chi connectivity index (χ0v) is 10.6. The average Bonchev–Trinajstić information content (AvgIpc) is 2.18. The van der Waals surface area contributed by atoms with Gasteiger partial charge in [0, 0.05) is 5.02 Å². The van der Waals surface area contributed by atoms with Crippen LogP contribution in [0.25, 0.3) is 0 Å². The number of anilines is 1. The van der Waals surface area contributed by atoms with Gasteiger partial charge in [-0.3, -0.25) is 4.79 Å². The second-order valence-corrected chi connectivity index (χ2v) is 4.36. The summed E-state index contributed by atoms with van der Waals surface area (Å²) in [5, 5.41) is 3.94. The maximum absolute atomic E-state index is 11.3. The molecule has 1 aromatic carbocycles.